The summed E-state index contributed by atoms with van der Waals surface area (Å²) in [5.41, 5.74) is 0.300. The van der Waals surface area contributed by atoms with E-state index in [4.69, 9.17) is 11.6 Å². The lowest BCUT2D eigenvalue weighted by Crippen LogP contribution is -2.36. The van der Waals surface area contributed by atoms with Crippen molar-refractivity contribution >= 4 is 17.5 Å². The van der Waals surface area contributed by atoms with Gasteiger partial charge in [0.1, 0.15) is 0 Å². The molecule has 1 aromatic rings. The van der Waals surface area contributed by atoms with E-state index in [1.807, 2.05) is 0 Å². The first-order chi connectivity index (χ1) is 8.70. The molecule has 0 aliphatic heterocycles. The molecule has 1 fully saturated rings. The summed E-state index contributed by atoms with van der Waals surface area (Å²) < 4.78 is 0. The summed E-state index contributed by atoms with van der Waals surface area (Å²) >= 11 is 5.61. The standard InChI is InChI=1S/C12H17ClN4O/c1-2-17(9-3-4-9)8-7-14-12(18)10-5-6-11(13)16-15-10/h5-6,9H,2-4,7-8H2,1H3,(H,14,18). The van der Waals surface area contributed by atoms with E-state index < -0.39 is 0 Å². The number of likely N-dealkylation sites (N-methyl/N-ethyl adjacent to an activating group) is 1. The molecule has 98 valence electrons. The van der Waals surface area contributed by atoms with Crippen molar-refractivity contribution in [2.45, 2.75) is 25.8 Å². The topological polar surface area (TPSA) is 58.1 Å². The molecular formula is C12H17ClN4O. The van der Waals surface area contributed by atoms with Crippen LogP contribution >= 0.6 is 11.6 Å². The lowest BCUT2D eigenvalue weighted by atomic mass is 10.3. The number of nitrogens with zero attached hydrogens (tertiary/aromatic N) is 3. The van der Waals surface area contributed by atoms with Crippen LogP contribution in [0.4, 0.5) is 0 Å². The Morgan fingerprint density at radius 2 is 2.28 bits per heavy atom. The highest BCUT2D eigenvalue weighted by Crippen LogP contribution is 2.25. The number of hydrogen-bond donors (Lipinski definition) is 1. The van der Waals surface area contributed by atoms with Crippen LogP contribution in [-0.4, -0.2) is 46.7 Å². The third-order valence-corrected chi connectivity index (χ3v) is 3.22. The molecule has 0 saturated heterocycles. The van der Waals surface area contributed by atoms with E-state index in [1.165, 1.54) is 12.8 Å². The summed E-state index contributed by atoms with van der Waals surface area (Å²) in [6, 6.07) is 3.86. The second-order valence-electron chi connectivity index (χ2n) is 4.36. The van der Waals surface area contributed by atoms with Crippen LogP contribution in [0.15, 0.2) is 12.1 Å². The Bertz CT molecular complexity index is 405. The van der Waals surface area contributed by atoms with Crippen LogP contribution in [0.2, 0.25) is 5.15 Å². The monoisotopic (exact) mass is 268 g/mol. The molecule has 18 heavy (non-hydrogen) atoms. The zero-order valence-corrected chi connectivity index (χ0v) is 11.2. The quantitative estimate of drug-likeness (QED) is 0.846. The van der Waals surface area contributed by atoms with Gasteiger partial charge in [-0.25, -0.2) is 0 Å². The highest BCUT2D eigenvalue weighted by atomic mass is 35.5. The fourth-order valence-corrected chi connectivity index (χ4v) is 1.98. The molecular weight excluding hydrogens is 252 g/mol. The second kappa shape index (κ2) is 6.11. The molecule has 1 amide bonds. The Morgan fingerprint density at radius 3 is 2.83 bits per heavy atom. The summed E-state index contributed by atoms with van der Waals surface area (Å²) in [5.74, 6) is -0.203. The highest BCUT2D eigenvalue weighted by molar-refractivity contribution is 6.29. The third-order valence-electron chi connectivity index (χ3n) is 3.02. The Balaban J connectivity index is 1.75. The van der Waals surface area contributed by atoms with Gasteiger partial charge in [0.05, 0.1) is 0 Å². The van der Waals surface area contributed by atoms with Gasteiger partial charge in [0.25, 0.3) is 5.91 Å². The minimum absolute atomic E-state index is 0.203. The van der Waals surface area contributed by atoms with Gasteiger partial charge in [-0.1, -0.05) is 18.5 Å². The number of rotatable bonds is 6. The van der Waals surface area contributed by atoms with Crippen molar-refractivity contribution < 1.29 is 4.79 Å². The van der Waals surface area contributed by atoms with Gasteiger partial charge in [-0.05, 0) is 31.5 Å². The van der Waals surface area contributed by atoms with Crippen LogP contribution < -0.4 is 5.32 Å². The predicted molar refractivity (Wildman–Crippen MR) is 69.6 cm³/mol. The van der Waals surface area contributed by atoms with Crippen LogP contribution in [-0.2, 0) is 0 Å². The highest BCUT2D eigenvalue weighted by Gasteiger charge is 2.27. The van der Waals surface area contributed by atoms with Crippen LogP contribution in [0, 0.1) is 0 Å². The summed E-state index contributed by atoms with van der Waals surface area (Å²) in [6.07, 6.45) is 2.56. The molecule has 0 bridgehead atoms. The number of amides is 1. The van der Waals surface area contributed by atoms with Gasteiger partial charge < -0.3 is 5.32 Å². The van der Waals surface area contributed by atoms with Gasteiger partial charge in [-0.2, -0.15) is 0 Å². The van der Waals surface area contributed by atoms with Crippen molar-refractivity contribution in [1.29, 1.82) is 0 Å². The molecule has 0 aromatic carbocycles. The number of nitrogens with one attached hydrogen (secondary N) is 1. The lowest BCUT2D eigenvalue weighted by Gasteiger charge is -2.19. The number of halogens is 1. The van der Waals surface area contributed by atoms with E-state index in [0.29, 0.717) is 12.2 Å². The first-order valence-corrected chi connectivity index (χ1v) is 6.60. The van der Waals surface area contributed by atoms with Crippen molar-refractivity contribution in [1.82, 2.24) is 20.4 Å². The lowest BCUT2D eigenvalue weighted by molar-refractivity contribution is 0.0942. The maximum Gasteiger partial charge on any atom is 0.271 e. The second-order valence-corrected chi connectivity index (χ2v) is 4.74. The van der Waals surface area contributed by atoms with Gasteiger partial charge >= 0.3 is 0 Å². The molecule has 1 N–H and O–H groups in total. The van der Waals surface area contributed by atoms with Crippen molar-refractivity contribution in [3.05, 3.63) is 23.0 Å². The molecule has 1 aromatic heterocycles. The van der Waals surface area contributed by atoms with Gasteiger partial charge in [-0.3, -0.25) is 9.69 Å². The summed E-state index contributed by atoms with van der Waals surface area (Å²) in [4.78, 5) is 14.1. The fraction of sp³-hybridized carbons (Fsp3) is 0.583. The van der Waals surface area contributed by atoms with Crippen molar-refractivity contribution in [3.63, 3.8) is 0 Å². The Kier molecular flexibility index (Phi) is 4.49. The Hall–Kier alpha value is -1.20. The summed E-state index contributed by atoms with van der Waals surface area (Å²) in [5, 5.41) is 10.5. The smallest absolute Gasteiger partial charge is 0.271 e. The Labute approximate surface area is 112 Å². The van der Waals surface area contributed by atoms with Crippen molar-refractivity contribution in [2.24, 2.45) is 0 Å². The molecule has 0 spiro atoms. The first-order valence-electron chi connectivity index (χ1n) is 6.22. The van der Waals surface area contributed by atoms with Crippen LogP contribution in [0.5, 0.6) is 0 Å². The van der Waals surface area contributed by atoms with Crippen LogP contribution in [0.1, 0.15) is 30.3 Å². The third kappa shape index (κ3) is 3.65. The summed E-state index contributed by atoms with van der Waals surface area (Å²) in [6.45, 7) is 4.69. The van der Waals surface area contributed by atoms with E-state index in [1.54, 1.807) is 12.1 Å². The molecule has 0 unspecified atom stereocenters. The number of hydrogen-bond acceptors (Lipinski definition) is 4. The molecule has 0 radical (unpaired) electrons. The molecule has 0 atom stereocenters. The number of aromatic nitrogens is 2. The van der Waals surface area contributed by atoms with E-state index in [9.17, 15) is 4.79 Å². The van der Waals surface area contributed by atoms with Gasteiger partial charge in [0, 0.05) is 19.1 Å². The van der Waals surface area contributed by atoms with Crippen LogP contribution in [0.25, 0.3) is 0 Å². The predicted octanol–water partition coefficient (Wildman–Crippen LogP) is 1.34. The molecule has 1 heterocycles. The minimum Gasteiger partial charge on any atom is -0.349 e. The average Bonchev–Trinajstić information content (AvgIpc) is 3.19. The van der Waals surface area contributed by atoms with Gasteiger partial charge in [0.2, 0.25) is 0 Å². The van der Waals surface area contributed by atoms with E-state index in [2.05, 4.69) is 27.3 Å². The molecule has 1 aliphatic rings. The molecule has 5 nitrogen and oxygen atoms in total. The zero-order valence-electron chi connectivity index (χ0n) is 10.4. The normalized spacial score (nSPS) is 14.8. The van der Waals surface area contributed by atoms with Crippen molar-refractivity contribution in [3.8, 4) is 0 Å². The molecule has 1 aliphatic carbocycles. The SMILES string of the molecule is CCN(CCNC(=O)c1ccc(Cl)nn1)C1CC1. The average molecular weight is 269 g/mol. The number of carbonyl (C=O) groups excluding carboxylic acids is 1. The maximum absolute atomic E-state index is 11.7. The van der Waals surface area contributed by atoms with Gasteiger partial charge in [0.15, 0.2) is 10.8 Å². The Morgan fingerprint density at radius 1 is 1.50 bits per heavy atom. The molecule has 1 saturated carbocycles. The summed E-state index contributed by atoms with van der Waals surface area (Å²) in [7, 11) is 0. The molecule has 6 heteroatoms. The van der Waals surface area contributed by atoms with Crippen LogP contribution in [0.3, 0.4) is 0 Å². The molecule has 2 rings (SSSR count). The fourth-order valence-electron chi connectivity index (χ4n) is 1.88. The van der Waals surface area contributed by atoms with Crippen molar-refractivity contribution in [2.75, 3.05) is 19.6 Å². The maximum atomic E-state index is 11.7. The minimum atomic E-state index is -0.203. The number of carbonyl (C=O) groups is 1. The van der Waals surface area contributed by atoms with E-state index >= 15 is 0 Å². The largest absolute Gasteiger partial charge is 0.349 e. The zero-order chi connectivity index (χ0) is 13.0. The van der Waals surface area contributed by atoms with E-state index in [0.717, 1.165) is 19.1 Å². The van der Waals surface area contributed by atoms with Gasteiger partial charge in [-0.15, -0.1) is 10.2 Å². The first kappa shape index (κ1) is 13.2. The van der Waals surface area contributed by atoms with E-state index in [-0.39, 0.29) is 11.1 Å².